The Kier molecular flexibility index (Phi) is 6.50. The summed E-state index contributed by atoms with van der Waals surface area (Å²) in [6.07, 6.45) is 0.839. The number of aromatic nitrogens is 1. The van der Waals surface area contributed by atoms with E-state index in [2.05, 4.69) is 15.6 Å². The van der Waals surface area contributed by atoms with Crippen LogP contribution in [-0.4, -0.2) is 40.6 Å². The van der Waals surface area contributed by atoms with Crippen LogP contribution in [0.25, 0.3) is 10.2 Å². The number of hydrogen-bond donors (Lipinski definition) is 2. The molecular weight excluding hydrogens is 352 g/mol. The lowest BCUT2D eigenvalue weighted by molar-refractivity contribution is -0.384. The normalized spacial score (nSPS) is 10.5. The number of hydrogen-bond acceptors (Lipinski definition) is 7. The molecule has 0 saturated heterocycles. The summed E-state index contributed by atoms with van der Waals surface area (Å²) in [5.41, 5.74) is 0.672. The average Bonchev–Trinajstić information content (AvgIpc) is 2.98. The van der Waals surface area contributed by atoms with Gasteiger partial charge in [-0.1, -0.05) is 18.7 Å². The molecule has 2 aromatic rings. The number of nitro benzene ring substituents is 1. The fraction of sp³-hybridized carbons (Fsp3) is 0.357. The zero-order chi connectivity index (χ0) is 17.5. The molecule has 128 valence electrons. The number of nitro groups is 1. The molecule has 0 aliphatic rings. The van der Waals surface area contributed by atoms with E-state index in [1.165, 1.54) is 35.2 Å². The van der Waals surface area contributed by atoms with Crippen LogP contribution in [-0.2, 0) is 9.59 Å². The topological polar surface area (TPSA) is 114 Å². The Morgan fingerprint density at radius 3 is 2.83 bits per heavy atom. The zero-order valence-corrected chi connectivity index (χ0v) is 14.5. The van der Waals surface area contributed by atoms with Crippen molar-refractivity contribution < 1.29 is 14.5 Å². The molecule has 0 fully saturated rings. The van der Waals surface area contributed by atoms with E-state index in [1.54, 1.807) is 6.07 Å². The maximum Gasteiger partial charge on any atom is 0.270 e. The highest BCUT2D eigenvalue weighted by Crippen LogP contribution is 2.31. The van der Waals surface area contributed by atoms with Gasteiger partial charge < -0.3 is 10.6 Å². The second-order valence-electron chi connectivity index (χ2n) is 4.80. The van der Waals surface area contributed by atoms with Gasteiger partial charge in [-0.05, 0) is 12.5 Å². The fourth-order valence-corrected chi connectivity index (χ4v) is 3.68. The molecule has 1 heterocycles. The predicted molar refractivity (Wildman–Crippen MR) is 93.3 cm³/mol. The van der Waals surface area contributed by atoms with Gasteiger partial charge in [0.25, 0.3) is 5.69 Å². The predicted octanol–water partition coefficient (Wildman–Crippen LogP) is 1.94. The van der Waals surface area contributed by atoms with E-state index in [0.717, 1.165) is 6.42 Å². The van der Waals surface area contributed by atoms with Crippen LogP contribution in [0.3, 0.4) is 0 Å². The lowest BCUT2D eigenvalue weighted by Crippen LogP contribution is -2.37. The first kappa shape index (κ1) is 18.1. The molecule has 0 aliphatic carbocycles. The highest BCUT2D eigenvalue weighted by atomic mass is 32.2. The van der Waals surface area contributed by atoms with Gasteiger partial charge in [0.15, 0.2) is 4.34 Å². The van der Waals surface area contributed by atoms with E-state index < -0.39 is 4.92 Å². The summed E-state index contributed by atoms with van der Waals surface area (Å²) >= 11 is 2.53. The van der Waals surface area contributed by atoms with E-state index in [0.29, 0.717) is 21.1 Å². The number of nitrogens with zero attached hydrogens (tertiary/aromatic N) is 2. The van der Waals surface area contributed by atoms with Gasteiger partial charge in [-0.15, -0.1) is 11.3 Å². The first-order valence-corrected chi connectivity index (χ1v) is 9.01. The Morgan fingerprint density at radius 1 is 1.33 bits per heavy atom. The van der Waals surface area contributed by atoms with Gasteiger partial charge in [0, 0.05) is 18.7 Å². The number of nitrogens with one attached hydrogen (secondary N) is 2. The number of benzene rings is 1. The number of rotatable bonds is 8. The van der Waals surface area contributed by atoms with E-state index >= 15 is 0 Å². The molecule has 0 unspecified atom stereocenters. The summed E-state index contributed by atoms with van der Waals surface area (Å²) in [6, 6.07) is 4.46. The van der Waals surface area contributed by atoms with Crippen LogP contribution in [0.5, 0.6) is 0 Å². The van der Waals surface area contributed by atoms with Crippen molar-refractivity contribution in [3.8, 4) is 0 Å². The van der Waals surface area contributed by atoms with E-state index in [1.807, 2.05) is 6.92 Å². The molecule has 10 heteroatoms. The molecule has 8 nitrogen and oxygen atoms in total. The van der Waals surface area contributed by atoms with Crippen LogP contribution in [0.1, 0.15) is 13.3 Å². The Bertz CT molecular complexity index is 762. The fourth-order valence-electron chi connectivity index (χ4n) is 1.75. The Morgan fingerprint density at radius 2 is 2.12 bits per heavy atom. The monoisotopic (exact) mass is 368 g/mol. The van der Waals surface area contributed by atoms with E-state index in [4.69, 9.17) is 0 Å². The van der Waals surface area contributed by atoms with Crippen molar-refractivity contribution in [3.63, 3.8) is 0 Å². The molecule has 0 aliphatic heterocycles. The van der Waals surface area contributed by atoms with Gasteiger partial charge in [0.05, 0.1) is 27.4 Å². The van der Waals surface area contributed by atoms with Crippen LogP contribution >= 0.6 is 23.1 Å². The van der Waals surface area contributed by atoms with Crippen molar-refractivity contribution in [2.24, 2.45) is 0 Å². The van der Waals surface area contributed by atoms with Crippen molar-refractivity contribution in [2.75, 3.05) is 18.8 Å². The molecule has 2 amide bonds. The number of thiazole rings is 1. The number of thioether (sulfide) groups is 1. The van der Waals surface area contributed by atoms with Crippen molar-refractivity contribution in [1.82, 2.24) is 15.6 Å². The molecular formula is C14H16N4O4S2. The number of carbonyl (C=O) groups is 2. The van der Waals surface area contributed by atoms with Gasteiger partial charge in [-0.3, -0.25) is 19.7 Å². The number of fused-ring (bicyclic) bond motifs is 1. The first-order valence-electron chi connectivity index (χ1n) is 7.20. The summed E-state index contributed by atoms with van der Waals surface area (Å²) in [5, 5.41) is 16.0. The third kappa shape index (κ3) is 5.17. The molecule has 2 N–H and O–H groups in total. The van der Waals surface area contributed by atoms with Gasteiger partial charge in [-0.2, -0.15) is 0 Å². The molecule has 2 rings (SSSR count). The van der Waals surface area contributed by atoms with Crippen LogP contribution in [0, 0.1) is 10.1 Å². The number of amides is 2. The molecule has 0 radical (unpaired) electrons. The minimum atomic E-state index is -0.455. The summed E-state index contributed by atoms with van der Waals surface area (Å²) in [7, 11) is 0. The lowest BCUT2D eigenvalue weighted by atomic mass is 10.3. The summed E-state index contributed by atoms with van der Waals surface area (Å²) in [5.74, 6) is -0.359. The summed E-state index contributed by atoms with van der Waals surface area (Å²) in [6.45, 7) is 2.48. The standard InChI is InChI=1S/C14H16N4O4S2/c1-2-5-15-12(19)7-16-13(20)8-23-14-17-10-4-3-9(18(21)22)6-11(10)24-14/h3-4,6H,2,5,7-8H2,1H3,(H,15,19)(H,16,20). The highest BCUT2D eigenvalue weighted by molar-refractivity contribution is 8.01. The van der Waals surface area contributed by atoms with Crippen LogP contribution in [0.4, 0.5) is 5.69 Å². The Balaban J connectivity index is 1.85. The van der Waals surface area contributed by atoms with Crippen LogP contribution < -0.4 is 10.6 Å². The smallest absolute Gasteiger partial charge is 0.270 e. The average molecular weight is 368 g/mol. The molecule has 1 aromatic heterocycles. The number of carbonyl (C=O) groups excluding carboxylic acids is 2. The van der Waals surface area contributed by atoms with Crippen molar-refractivity contribution >= 4 is 50.8 Å². The van der Waals surface area contributed by atoms with Crippen LogP contribution in [0.15, 0.2) is 22.5 Å². The lowest BCUT2D eigenvalue weighted by Gasteiger charge is -2.05. The molecule has 1 aromatic carbocycles. The van der Waals surface area contributed by atoms with Crippen molar-refractivity contribution in [2.45, 2.75) is 17.7 Å². The van der Waals surface area contributed by atoms with E-state index in [-0.39, 0.29) is 29.8 Å². The third-order valence-corrected chi connectivity index (χ3v) is 5.07. The minimum absolute atomic E-state index is 0.0125. The van der Waals surface area contributed by atoms with Gasteiger partial charge >= 0.3 is 0 Å². The summed E-state index contributed by atoms with van der Waals surface area (Å²) in [4.78, 5) is 37.7. The highest BCUT2D eigenvalue weighted by Gasteiger charge is 2.12. The number of non-ortho nitro benzene ring substituents is 1. The molecule has 0 atom stereocenters. The second-order valence-corrected chi connectivity index (χ2v) is 7.06. The minimum Gasteiger partial charge on any atom is -0.355 e. The van der Waals surface area contributed by atoms with Crippen molar-refractivity contribution in [1.29, 1.82) is 0 Å². The van der Waals surface area contributed by atoms with Crippen LogP contribution in [0.2, 0.25) is 0 Å². The Hall–Kier alpha value is -2.20. The SMILES string of the molecule is CCCNC(=O)CNC(=O)CSc1nc2ccc([N+](=O)[O-])cc2s1. The first-order chi connectivity index (χ1) is 11.5. The maximum atomic E-state index is 11.7. The van der Waals surface area contributed by atoms with Gasteiger partial charge in [-0.25, -0.2) is 4.98 Å². The molecule has 24 heavy (non-hydrogen) atoms. The quantitative estimate of drug-likeness (QED) is 0.418. The van der Waals surface area contributed by atoms with Crippen molar-refractivity contribution in [3.05, 3.63) is 28.3 Å². The summed E-state index contributed by atoms with van der Waals surface area (Å²) < 4.78 is 1.35. The largest absolute Gasteiger partial charge is 0.355 e. The maximum absolute atomic E-state index is 11.7. The molecule has 0 saturated carbocycles. The molecule has 0 spiro atoms. The van der Waals surface area contributed by atoms with Gasteiger partial charge in [0.1, 0.15) is 0 Å². The van der Waals surface area contributed by atoms with Gasteiger partial charge in [0.2, 0.25) is 11.8 Å². The zero-order valence-electron chi connectivity index (χ0n) is 12.9. The third-order valence-electron chi connectivity index (χ3n) is 2.91. The second kappa shape index (κ2) is 8.60. The molecule has 0 bridgehead atoms. The van der Waals surface area contributed by atoms with E-state index in [9.17, 15) is 19.7 Å². The Labute approximate surface area is 146 Å².